The first-order valence-electron chi connectivity index (χ1n) is 10.4. The SMILES string of the molecule is CCCCOC1CCCC2(C1)NC(=O)C(c1c(C)cc(C)cc1CC)=C2O. The summed E-state index contributed by atoms with van der Waals surface area (Å²) in [7, 11) is 0. The number of carbonyl (C=O) groups excluding carboxylic acids is 1. The van der Waals surface area contributed by atoms with E-state index in [9.17, 15) is 9.90 Å². The van der Waals surface area contributed by atoms with Crippen molar-refractivity contribution in [2.45, 2.75) is 84.3 Å². The monoisotopic (exact) mass is 371 g/mol. The Morgan fingerprint density at radius 2 is 2.07 bits per heavy atom. The molecule has 3 rings (SSSR count). The van der Waals surface area contributed by atoms with Crippen molar-refractivity contribution in [3.05, 3.63) is 40.1 Å². The lowest BCUT2D eigenvalue weighted by Gasteiger charge is -2.37. The number of benzene rings is 1. The highest BCUT2D eigenvalue weighted by Crippen LogP contribution is 2.43. The highest BCUT2D eigenvalue weighted by Gasteiger charge is 2.49. The van der Waals surface area contributed by atoms with E-state index in [-0.39, 0.29) is 17.8 Å². The fraction of sp³-hybridized carbons (Fsp3) is 0.609. The van der Waals surface area contributed by atoms with Gasteiger partial charge in [-0.3, -0.25) is 4.79 Å². The van der Waals surface area contributed by atoms with Crippen LogP contribution in [0.2, 0.25) is 0 Å². The first-order chi connectivity index (χ1) is 12.9. The topological polar surface area (TPSA) is 58.6 Å². The number of amides is 1. The second kappa shape index (κ2) is 8.05. The molecule has 1 amide bonds. The number of hydrogen-bond acceptors (Lipinski definition) is 3. The van der Waals surface area contributed by atoms with E-state index >= 15 is 0 Å². The minimum Gasteiger partial charge on any atom is -0.509 e. The van der Waals surface area contributed by atoms with Crippen molar-refractivity contribution in [2.24, 2.45) is 0 Å². The van der Waals surface area contributed by atoms with Crippen LogP contribution >= 0.6 is 0 Å². The van der Waals surface area contributed by atoms with Crippen molar-refractivity contribution < 1.29 is 14.6 Å². The smallest absolute Gasteiger partial charge is 0.256 e. The summed E-state index contributed by atoms with van der Waals surface area (Å²) in [5, 5.41) is 14.4. The summed E-state index contributed by atoms with van der Waals surface area (Å²) in [6, 6.07) is 4.21. The quantitative estimate of drug-likeness (QED) is 0.709. The maximum Gasteiger partial charge on any atom is 0.256 e. The Bertz CT molecular complexity index is 752. The van der Waals surface area contributed by atoms with Gasteiger partial charge in [-0.2, -0.15) is 0 Å². The van der Waals surface area contributed by atoms with Gasteiger partial charge in [0.15, 0.2) is 0 Å². The third kappa shape index (κ3) is 3.77. The molecule has 148 valence electrons. The predicted octanol–water partition coefficient (Wildman–Crippen LogP) is 4.76. The molecule has 0 bridgehead atoms. The van der Waals surface area contributed by atoms with Gasteiger partial charge in [-0.15, -0.1) is 0 Å². The summed E-state index contributed by atoms with van der Waals surface area (Å²) in [5.41, 5.74) is 4.06. The molecule has 2 atom stereocenters. The summed E-state index contributed by atoms with van der Waals surface area (Å²) < 4.78 is 6.03. The maximum absolute atomic E-state index is 13.0. The summed E-state index contributed by atoms with van der Waals surface area (Å²) >= 11 is 0. The molecule has 1 fully saturated rings. The number of aryl methyl sites for hydroxylation is 3. The highest BCUT2D eigenvalue weighted by atomic mass is 16.5. The fourth-order valence-corrected chi connectivity index (χ4v) is 4.70. The molecule has 4 nitrogen and oxygen atoms in total. The number of rotatable bonds is 6. The van der Waals surface area contributed by atoms with E-state index in [0.717, 1.165) is 61.8 Å². The second-order valence-corrected chi connectivity index (χ2v) is 8.17. The summed E-state index contributed by atoms with van der Waals surface area (Å²) in [5.74, 6) is 0.0707. The van der Waals surface area contributed by atoms with Gasteiger partial charge in [-0.1, -0.05) is 38.0 Å². The van der Waals surface area contributed by atoms with E-state index in [4.69, 9.17) is 4.74 Å². The van der Waals surface area contributed by atoms with Gasteiger partial charge < -0.3 is 15.2 Å². The van der Waals surface area contributed by atoms with Gasteiger partial charge in [0.2, 0.25) is 0 Å². The zero-order valence-electron chi connectivity index (χ0n) is 17.2. The van der Waals surface area contributed by atoms with Crippen LogP contribution in [0.3, 0.4) is 0 Å². The van der Waals surface area contributed by atoms with Crippen molar-refractivity contribution in [3.8, 4) is 0 Å². The fourth-order valence-electron chi connectivity index (χ4n) is 4.70. The molecule has 1 saturated carbocycles. The average Bonchev–Trinajstić information content (AvgIpc) is 2.85. The van der Waals surface area contributed by atoms with Crippen LogP contribution in [0.25, 0.3) is 5.57 Å². The standard InChI is InChI=1S/C23H33NO3/c1-5-7-11-27-18-9-8-10-23(14-18)21(25)20(22(26)24-23)19-16(4)12-15(3)13-17(19)6-2/h12-13,18,25H,5-11,14H2,1-4H3,(H,24,26). The van der Waals surface area contributed by atoms with E-state index in [2.05, 4.69) is 38.2 Å². The Kier molecular flexibility index (Phi) is 5.95. The lowest BCUT2D eigenvalue weighted by molar-refractivity contribution is -0.117. The molecule has 1 aromatic rings. The molecule has 1 aromatic carbocycles. The minimum absolute atomic E-state index is 0.0943. The van der Waals surface area contributed by atoms with Crippen molar-refractivity contribution in [1.82, 2.24) is 5.32 Å². The zero-order valence-corrected chi connectivity index (χ0v) is 17.2. The molecule has 0 radical (unpaired) electrons. The summed E-state index contributed by atoms with van der Waals surface area (Å²) in [6.45, 7) is 9.09. The van der Waals surface area contributed by atoms with Crippen LogP contribution in [0.5, 0.6) is 0 Å². The van der Waals surface area contributed by atoms with Crippen LogP contribution in [-0.2, 0) is 16.0 Å². The predicted molar refractivity (Wildman–Crippen MR) is 109 cm³/mol. The van der Waals surface area contributed by atoms with Crippen molar-refractivity contribution in [1.29, 1.82) is 0 Å². The van der Waals surface area contributed by atoms with Crippen LogP contribution in [0.1, 0.15) is 74.6 Å². The van der Waals surface area contributed by atoms with E-state index < -0.39 is 5.54 Å². The Morgan fingerprint density at radius 1 is 1.30 bits per heavy atom. The number of aliphatic hydroxyl groups excluding tert-OH is 1. The highest BCUT2D eigenvalue weighted by molar-refractivity contribution is 6.24. The number of nitrogens with one attached hydrogen (secondary N) is 1. The Hall–Kier alpha value is -1.81. The average molecular weight is 372 g/mol. The Balaban J connectivity index is 1.96. The molecule has 2 unspecified atom stereocenters. The van der Waals surface area contributed by atoms with Crippen molar-refractivity contribution >= 4 is 11.5 Å². The third-order valence-corrected chi connectivity index (χ3v) is 6.02. The molecule has 1 heterocycles. The molecule has 1 aliphatic heterocycles. The molecular weight excluding hydrogens is 338 g/mol. The van der Waals surface area contributed by atoms with Gasteiger partial charge in [0.05, 0.1) is 11.7 Å². The molecule has 2 aliphatic rings. The lowest BCUT2D eigenvalue weighted by Crippen LogP contribution is -2.50. The largest absolute Gasteiger partial charge is 0.509 e. The third-order valence-electron chi connectivity index (χ3n) is 6.02. The number of hydrogen-bond donors (Lipinski definition) is 2. The van der Waals surface area contributed by atoms with Gasteiger partial charge in [0.25, 0.3) is 5.91 Å². The van der Waals surface area contributed by atoms with Crippen molar-refractivity contribution in [3.63, 3.8) is 0 Å². The summed E-state index contributed by atoms with van der Waals surface area (Å²) in [4.78, 5) is 13.0. The second-order valence-electron chi connectivity index (χ2n) is 8.17. The van der Waals surface area contributed by atoms with Gasteiger partial charge in [0.1, 0.15) is 11.3 Å². The Labute approximate surface area is 163 Å². The van der Waals surface area contributed by atoms with Crippen LogP contribution in [-0.4, -0.2) is 29.3 Å². The molecule has 4 heteroatoms. The normalized spacial score (nSPS) is 25.3. The van der Waals surface area contributed by atoms with Gasteiger partial charge in [-0.25, -0.2) is 0 Å². The van der Waals surface area contributed by atoms with Gasteiger partial charge in [0, 0.05) is 13.0 Å². The number of unbranched alkanes of at least 4 members (excludes halogenated alkanes) is 1. The number of carbonyl (C=O) groups is 1. The first kappa shape index (κ1) is 19.9. The van der Waals surface area contributed by atoms with E-state index in [1.165, 1.54) is 5.56 Å². The molecule has 0 aromatic heterocycles. The van der Waals surface area contributed by atoms with Gasteiger partial charge >= 0.3 is 0 Å². The number of ether oxygens (including phenoxy) is 1. The molecule has 2 N–H and O–H groups in total. The first-order valence-corrected chi connectivity index (χ1v) is 10.4. The van der Waals surface area contributed by atoms with Crippen LogP contribution in [0.4, 0.5) is 0 Å². The molecule has 1 spiro atoms. The molecular formula is C23H33NO3. The van der Waals surface area contributed by atoms with Crippen LogP contribution in [0, 0.1) is 13.8 Å². The van der Waals surface area contributed by atoms with Crippen LogP contribution < -0.4 is 5.32 Å². The molecule has 27 heavy (non-hydrogen) atoms. The maximum atomic E-state index is 13.0. The minimum atomic E-state index is -0.663. The summed E-state index contributed by atoms with van der Waals surface area (Å²) in [6.07, 6.45) is 6.45. The van der Waals surface area contributed by atoms with E-state index in [0.29, 0.717) is 12.0 Å². The van der Waals surface area contributed by atoms with Gasteiger partial charge in [-0.05, 0) is 62.6 Å². The van der Waals surface area contributed by atoms with E-state index in [1.54, 1.807) is 0 Å². The van der Waals surface area contributed by atoms with Crippen molar-refractivity contribution in [2.75, 3.05) is 6.61 Å². The van der Waals surface area contributed by atoms with E-state index in [1.807, 2.05) is 6.92 Å². The van der Waals surface area contributed by atoms with Crippen LogP contribution in [0.15, 0.2) is 17.9 Å². The Morgan fingerprint density at radius 3 is 2.78 bits per heavy atom. The molecule has 0 saturated heterocycles. The molecule has 1 aliphatic carbocycles. The lowest BCUT2D eigenvalue weighted by atomic mass is 9.78. The zero-order chi connectivity index (χ0) is 19.6. The number of aliphatic hydroxyl groups is 1.